The predicted molar refractivity (Wildman–Crippen MR) is 77.2 cm³/mol. The maximum absolute atomic E-state index is 12.0. The van der Waals surface area contributed by atoms with Gasteiger partial charge in [-0.25, -0.2) is 12.7 Å². The lowest BCUT2D eigenvalue weighted by Gasteiger charge is -2.14. The molecule has 0 aromatic heterocycles. The second-order valence-electron chi connectivity index (χ2n) is 5.14. The zero-order chi connectivity index (χ0) is 13.9. The first kappa shape index (κ1) is 14.5. The molecular formula is C14H22N2O2S. The maximum atomic E-state index is 12.0. The molecule has 1 fully saturated rings. The molecule has 0 bridgehead atoms. The molecule has 0 saturated heterocycles. The van der Waals surface area contributed by atoms with Crippen molar-refractivity contribution in [1.82, 2.24) is 9.62 Å². The molecule has 19 heavy (non-hydrogen) atoms. The van der Waals surface area contributed by atoms with E-state index in [9.17, 15) is 8.42 Å². The molecule has 106 valence electrons. The van der Waals surface area contributed by atoms with E-state index < -0.39 is 10.0 Å². The van der Waals surface area contributed by atoms with E-state index in [0.717, 1.165) is 12.1 Å². The zero-order valence-corrected chi connectivity index (χ0v) is 12.4. The van der Waals surface area contributed by atoms with Gasteiger partial charge in [0, 0.05) is 26.2 Å². The Balaban J connectivity index is 1.93. The smallest absolute Gasteiger partial charge is 0.218 e. The summed E-state index contributed by atoms with van der Waals surface area (Å²) in [4.78, 5) is 0. The van der Waals surface area contributed by atoms with Crippen LogP contribution in [0, 0.1) is 0 Å². The Kier molecular flexibility index (Phi) is 4.60. The van der Waals surface area contributed by atoms with Gasteiger partial charge in [-0.2, -0.15) is 0 Å². The summed E-state index contributed by atoms with van der Waals surface area (Å²) in [6.07, 6.45) is 2.55. The third kappa shape index (κ3) is 4.30. The van der Waals surface area contributed by atoms with Gasteiger partial charge in [0.25, 0.3) is 0 Å². The fourth-order valence-electron chi connectivity index (χ4n) is 1.82. The van der Waals surface area contributed by atoms with Gasteiger partial charge in [0.05, 0.1) is 5.75 Å². The van der Waals surface area contributed by atoms with Crippen LogP contribution in [-0.4, -0.2) is 32.4 Å². The zero-order valence-electron chi connectivity index (χ0n) is 11.6. The van der Waals surface area contributed by atoms with Crippen LogP contribution in [-0.2, 0) is 22.3 Å². The third-order valence-corrected chi connectivity index (χ3v) is 5.37. The Labute approximate surface area is 115 Å². The highest BCUT2D eigenvalue weighted by Gasteiger charge is 2.20. The van der Waals surface area contributed by atoms with E-state index in [-0.39, 0.29) is 5.75 Å². The molecule has 0 aliphatic heterocycles. The molecule has 1 saturated carbocycles. The Morgan fingerprint density at radius 3 is 2.32 bits per heavy atom. The van der Waals surface area contributed by atoms with Gasteiger partial charge in [0.1, 0.15) is 0 Å². The van der Waals surface area contributed by atoms with E-state index in [2.05, 4.69) is 5.32 Å². The lowest BCUT2D eigenvalue weighted by Crippen LogP contribution is -2.27. The van der Waals surface area contributed by atoms with Crippen LogP contribution < -0.4 is 5.32 Å². The lowest BCUT2D eigenvalue weighted by molar-refractivity contribution is 0.485. The van der Waals surface area contributed by atoms with Crippen molar-refractivity contribution >= 4 is 10.0 Å². The molecular weight excluding hydrogens is 260 g/mol. The quantitative estimate of drug-likeness (QED) is 0.828. The van der Waals surface area contributed by atoms with Crippen LogP contribution in [0.25, 0.3) is 0 Å². The van der Waals surface area contributed by atoms with Gasteiger partial charge < -0.3 is 5.32 Å². The molecule has 1 aromatic carbocycles. The van der Waals surface area contributed by atoms with Crippen LogP contribution in [0.15, 0.2) is 24.3 Å². The van der Waals surface area contributed by atoms with E-state index in [1.165, 1.54) is 22.7 Å². The topological polar surface area (TPSA) is 49.4 Å². The SMILES string of the molecule is CCN(C)S(=O)(=O)Cc1ccc(CNC2CC2)cc1. The van der Waals surface area contributed by atoms with Gasteiger partial charge in [-0.15, -0.1) is 0 Å². The average Bonchev–Trinajstić information content (AvgIpc) is 3.20. The van der Waals surface area contributed by atoms with Crippen molar-refractivity contribution in [3.63, 3.8) is 0 Å². The van der Waals surface area contributed by atoms with E-state index in [1.54, 1.807) is 7.05 Å². The number of rotatable bonds is 7. The maximum Gasteiger partial charge on any atom is 0.218 e. The van der Waals surface area contributed by atoms with Crippen LogP contribution in [0.4, 0.5) is 0 Å². The van der Waals surface area contributed by atoms with Crippen molar-refractivity contribution in [2.45, 2.75) is 38.1 Å². The fourth-order valence-corrected chi connectivity index (χ4v) is 3.05. The van der Waals surface area contributed by atoms with Gasteiger partial charge >= 0.3 is 0 Å². The number of sulfonamides is 1. The minimum Gasteiger partial charge on any atom is -0.310 e. The Morgan fingerprint density at radius 2 is 1.79 bits per heavy atom. The highest BCUT2D eigenvalue weighted by molar-refractivity contribution is 7.88. The molecule has 1 N–H and O–H groups in total. The second kappa shape index (κ2) is 6.03. The summed E-state index contributed by atoms with van der Waals surface area (Å²) < 4.78 is 25.3. The van der Waals surface area contributed by atoms with Gasteiger partial charge in [0.15, 0.2) is 0 Å². The van der Waals surface area contributed by atoms with Crippen LogP contribution >= 0.6 is 0 Å². The molecule has 4 nitrogen and oxygen atoms in total. The third-order valence-electron chi connectivity index (χ3n) is 3.46. The summed E-state index contributed by atoms with van der Waals surface area (Å²) >= 11 is 0. The first-order valence-corrected chi connectivity index (χ1v) is 8.37. The highest BCUT2D eigenvalue weighted by Crippen LogP contribution is 2.19. The van der Waals surface area contributed by atoms with Gasteiger partial charge in [-0.3, -0.25) is 0 Å². The van der Waals surface area contributed by atoms with Crippen LogP contribution in [0.2, 0.25) is 0 Å². The molecule has 0 unspecified atom stereocenters. The molecule has 0 spiro atoms. The highest BCUT2D eigenvalue weighted by atomic mass is 32.2. The summed E-state index contributed by atoms with van der Waals surface area (Å²) in [5.74, 6) is 0.0771. The number of benzene rings is 1. The molecule has 1 aliphatic carbocycles. The number of hydrogen-bond acceptors (Lipinski definition) is 3. The minimum absolute atomic E-state index is 0.0771. The molecule has 2 rings (SSSR count). The molecule has 1 aliphatic rings. The summed E-state index contributed by atoms with van der Waals surface area (Å²) in [5, 5.41) is 3.44. The van der Waals surface area contributed by atoms with E-state index in [0.29, 0.717) is 12.6 Å². The van der Waals surface area contributed by atoms with Crippen LogP contribution in [0.5, 0.6) is 0 Å². The van der Waals surface area contributed by atoms with Crippen molar-refractivity contribution in [2.75, 3.05) is 13.6 Å². The van der Waals surface area contributed by atoms with Gasteiger partial charge in [-0.05, 0) is 24.0 Å². The number of hydrogen-bond donors (Lipinski definition) is 1. The Bertz CT molecular complexity index is 507. The van der Waals surface area contributed by atoms with E-state index >= 15 is 0 Å². The van der Waals surface area contributed by atoms with Crippen LogP contribution in [0.3, 0.4) is 0 Å². The summed E-state index contributed by atoms with van der Waals surface area (Å²) in [7, 11) is -1.56. The average molecular weight is 282 g/mol. The fraction of sp³-hybridized carbons (Fsp3) is 0.571. The molecule has 0 radical (unpaired) electrons. The van der Waals surface area contributed by atoms with Crippen LogP contribution in [0.1, 0.15) is 30.9 Å². The van der Waals surface area contributed by atoms with Crippen molar-refractivity contribution in [3.05, 3.63) is 35.4 Å². The molecule has 0 amide bonds. The first-order valence-electron chi connectivity index (χ1n) is 6.76. The largest absolute Gasteiger partial charge is 0.310 e. The standard InChI is InChI=1S/C14H22N2O2S/c1-3-16(2)19(17,18)11-13-6-4-12(5-7-13)10-15-14-8-9-14/h4-7,14-15H,3,8-11H2,1-2H3. The van der Waals surface area contributed by atoms with Gasteiger partial charge in [0.2, 0.25) is 10.0 Å². The molecule has 0 heterocycles. The van der Waals surface area contributed by atoms with Crippen molar-refractivity contribution in [2.24, 2.45) is 0 Å². The minimum atomic E-state index is -3.17. The number of nitrogens with one attached hydrogen (secondary N) is 1. The first-order chi connectivity index (χ1) is 9.01. The van der Waals surface area contributed by atoms with Crippen molar-refractivity contribution in [1.29, 1.82) is 0 Å². The number of nitrogens with zero attached hydrogens (tertiary/aromatic N) is 1. The molecule has 0 atom stereocenters. The second-order valence-corrected chi connectivity index (χ2v) is 7.22. The normalized spacial score (nSPS) is 15.9. The molecule has 1 aromatic rings. The lowest BCUT2D eigenvalue weighted by atomic mass is 10.1. The Hall–Kier alpha value is -0.910. The van der Waals surface area contributed by atoms with E-state index in [4.69, 9.17) is 0 Å². The van der Waals surface area contributed by atoms with E-state index in [1.807, 2.05) is 31.2 Å². The summed E-state index contributed by atoms with van der Waals surface area (Å²) in [6, 6.07) is 8.52. The van der Waals surface area contributed by atoms with Gasteiger partial charge in [-0.1, -0.05) is 31.2 Å². The van der Waals surface area contributed by atoms with Crippen molar-refractivity contribution in [3.8, 4) is 0 Å². The van der Waals surface area contributed by atoms with Crippen molar-refractivity contribution < 1.29 is 8.42 Å². The molecule has 5 heteroatoms. The Morgan fingerprint density at radius 1 is 1.21 bits per heavy atom. The monoisotopic (exact) mass is 282 g/mol. The summed E-state index contributed by atoms with van der Waals surface area (Å²) in [6.45, 7) is 3.21. The predicted octanol–water partition coefficient (Wildman–Crippen LogP) is 1.72. The summed E-state index contributed by atoms with van der Waals surface area (Å²) in [5.41, 5.74) is 2.05.